The minimum Gasteiger partial charge on any atom is -0.368 e. The molecule has 0 atom stereocenters. The van der Waals surface area contributed by atoms with Crippen LogP contribution in [0.4, 0.5) is 11.4 Å². The number of pyridine rings is 1. The number of nitrogens with zero attached hydrogens (tertiary/aromatic N) is 4. The third-order valence-electron chi connectivity index (χ3n) is 5.17. The number of anilines is 2. The molecule has 0 saturated carbocycles. The Kier molecular flexibility index (Phi) is 4.51. The molecule has 1 aromatic heterocycles. The van der Waals surface area contributed by atoms with E-state index in [0.717, 1.165) is 24.3 Å². The fourth-order valence-corrected chi connectivity index (χ4v) is 4.71. The summed E-state index contributed by atoms with van der Waals surface area (Å²) in [4.78, 5) is 21.0. The maximum atomic E-state index is 12.9. The van der Waals surface area contributed by atoms with Crippen LogP contribution in [0.25, 0.3) is 0 Å². The van der Waals surface area contributed by atoms with Crippen molar-refractivity contribution in [3.8, 4) is 0 Å². The van der Waals surface area contributed by atoms with Crippen LogP contribution in [-0.4, -0.2) is 63.2 Å². The summed E-state index contributed by atoms with van der Waals surface area (Å²) in [5.41, 5.74) is 3.36. The highest BCUT2D eigenvalue weighted by Gasteiger charge is 2.28. The number of aromatic nitrogens is 1. The van der Waals surface area contributed by atoms with Crippen LogP contribution in [0.1, 0.15) is 15.9 Å². The SMILES string of the molecule is CS(=O)(=O)N1CCc2cc(C(=O)N3CCN(c4ccncc4)CC3)ccc21. The van der Waals surface area contributed by atoms with E-state index in [0.29, 0.717) is 37.3 Å². The van der Waals surface area contributed by atoms with Crippen LogP contribution in [0.3, 0.4) is 0 Å². The first-order valence-electron chi connectivity index (χ1n) is 8.98. The second kappa shape index (κ2) is 6.84. The summed E-state index contributed by atoms with van der Waals surface area (Å²) in [6.45, 7) is 3.32. The van der Waals surface area contributed by atoms with Crippen LogP contribution in [0.15, 0.2) is 42.7 Å². The van der Waals surface area contributed by atoms with Gasteiger partial charge in [-0.1, -0.05) is 0 Å². The monoisotopic (exact) mass is 386 g/mol. The molecule has 142 valence electrons. The lowest BCUT2D eigenvalue weighted by Crippen LogP contribution is -2.48. The zero-order valence-corrected chi connectivity index (χ0v) is 16.0. The van der Waals surface area contributed by atoms with Gasteiger partial charge in [-0.2, -0.15) is 0 Å². The second-order valence-electron chi connectivity index (χ2n) is 6.91. The number of carbonyl (C=O) groups excluding carboxylic acids is 1. The Hall–Kier alpha value is -2.61. The quantitative estimate of drug-likeness (QED) is 0.797. The lowest BCUT2D eigenvalue weighted by atomic mass is 10.1. The van der Waals surface area contributed by atoms with Gasteiger partial charge in [0.15, 0.2) is 0 Å². The number of fused-ring (bicyclic) bond motifs is 1. The molecule has 0 bridgehead atoms. The summed E-state index contributed by atoms with van der Waals surface area (Å²) in [6, 6.07) is 9.29. The van der Waals surface area contributed by atoms with E-state index in [4.69, 9.17) is 0 Å². The molecular weight excluding hydrogens is 364 g/mol. The van der Waals surface area contributed by atoms with Gasteiger partial charge in [0, 0.05) is 56.4 Å². The molecule has 27 heavy (non-hydrogen) atoms. The average molecular weight is 386 g/mol. The zero-order valence-electron chi connectivity index (χ0n) is 15.2. The van der Waals surface area contributed by atoms with Crippen LogP contribution in [0, 0.1) is 0 Å². The number of amides is 1. The molecule has 1 aromatic carbocycles. The van der Waals surface area contributed by atoms with Gasteiger partial charge in [0.25, 0.3) is 5.91 Å². The first-order valence-corrected chi connectivity index (χ1v) is 10.8. The molecule has 2 aliphatic rings. The van der Waals surface area contributed by atoms with Crippen LogP contribution < -0.4 is 9.21 Å². The van der Waals surface area contributed by atoms with E-state index in [1.807, 2.05) is 23.1 Å². The molecule has 0 aliphatic carbocycles. The Morgan fingerprint density at radius 2 is 1.70 bits per heavy atom. The van der Waals surface area contributed by atoms with Gasteiger partial charge in [0.2, 0.25) is 10.0 Å². The number of carbonyl (C=O) groups is 1. The van der Waals surface area contributed by atoms with Crippen LogP contribution >= 0.6 is 0 Å². The number of hydrogen-bond acceptors (Lipinski definition) is 5. The number of sulfonamides is 1. The largest absolute Gasteiger partial charge is 0.368 e. The summed E-state index contributed by atoms with van der Waals surface area (Å²) in [7, 11) is -3.27. The van der Waals surface area contributed by atoms with Crippen molar-refractivity contribution in [3.63, 3.8) is 0 Å². The number of rotatable bonds is 3. The Morgan fingerprint density at radius 3 is 2.37 bits per heavy atom. The lowest BCUT2D eigenvalue weighted by Gasteiger charge is -2.36. The van der Waals surface area contributed by atoms with E-state index in [1.165, 1.54) is 10.6 Å². The first kappa shape index (κ1) is 17.8. The molecule has 8 heteroatoms. The van der Waals surface area contributed by atoms with Gasteiger partial charge in [-0.15, -0.1) is 0 Å². The molecule has 0 unspecified atom stereocenters. The van der Waals surface area contributed by atoms with Gasteiger partial charge >= 0.3 is 0 Å². The van der Waals surface area contributed by atoms with Crippen molar-refractivity contribution in [1.82, 2.24) is 9.88 Å². The van der Waals surface area contributed by atoms with Crippen molar-refractivity contribution in [2.45, 2.75) is 6.42 Å². The number of piperazine rings is 1. The molecule has 1 amide bonds. The minimum atomic E-state index is -3.27. The summed E-state index contributed by atoms with van der Waals surface area (Å²) in [6.07, 6.45) is 5.40. The highest BCUT2D eigenvalue weighted by molar-refractivity contribution is 7.92. The molecule has 2 aliphatic heterocycles. The van der Waals surface area contributed by atoms with Gasteiger partial charge < -0.3 is 9.80 Å². The van der Waals surface area contributed by atoms with Gasteiger partial charge in [-0.3, -0.25) is 14.1 Å². The lowest BCUT2D eigenvalue weighted by molar-refractivity contribution is 0.0746. The zero-order chi connectivity index (χ0) is 19.0. The smallest absolute Gasteiger partial charge is 0.253 e. The third-order valence-corrected chi connectivity index (χ3v) is 6.35. The van der Waals surface area contributed by atoms with E-state index in [9.17, 15) is 13.2 Å². The van der Waals surface area contributed by atoms with Crippen molar-refractivity contribution in [3.05, 3.63) is 53.9 Å². The Morgan fingerprint density at radius 1 is 1.00 bits per heavy atom. The maximum Gasteiger partial charge on any atom is 0.253 e. The van der Waals surface area contributed by atoms with E-state index < -0.39 is 10.0 Å². The van der Waals surface area contributed by atoms with Crippen molar-refractivity contribution >= 4 is 27.3 Å². The third kappa shape index (κ3) is 3.49. The molecule has 1 fully saturated rings. The highest BCUT2D eigenvalue weighted by atomic mass is 32.2. The van der Waals surface area contributed by atoms with E-state index in [-0.39, 0.29) is 5.91 Å². The van der Waals surface area contributed by atoms with E-state index in [1.54, 1.807) is 24.5 Å². The summed E-state index contributed by atoms with van der Waals surface area (Å²) < 4.78 is 25.1. The topological polar surface area (TPSA) is 73.8 Å². The first-order chi connectivity index (χ1) is 12.9. The average Bonchev–Trinajstić information content (AvgIpc) is 3.12. The molecule has 2 aromatic rings. The van der Waals surface area contributed by atoms with Gasteiger partial charge in [-0.05, 0) is 42.3 Å². The van der Waals surface area contributed by atoms with Crippen molar-refractivity contribution in [2.75, 3.05) is 48.2 Å². The fraction of sp³-hybridized carbons (Fsp3) is 0.368. The normalized spacial score (nSPS) is 17.1. The molecule has 3 heterocycles. The molecule has 0 spiro atoms. The Labute approximate surface area is 159 Å². The molecule has 0 radical (unpaired) electrons. The Bertz CT molecular complexity index is 954. The van der Waals surface area contributed by atoms with Crippen LogP contribution in [0.5, 0.6) is 0 Å². The van der Waals surface area contributed by atoms with E-state index in [2.05, 4.69) is 9.88 Å². The van der Waals surface area contributed by atoms with Crippen LogP contribution in [-0.2, 0) is 16.4 Å². The van der Waals surface area contributed by atoms with Crippen LogP contribution in [0.2, 0.25) is 0 Å². The summed E-state index contributed by atoms with van der Waals surface area (Å²) in [5, 5.41) is 0. The highest BCUT2D eigenvalue weighted by Crippen LogP contribution is 2.31. The maximum absolute atomic E-state index is 12.9. The molecule has 7 nitrogen and oxygen atoms in total. The molecule has 1 saturated heterocycles. The number of benzene rings is 1. The summed E-state index contributed by atoms with van der Waals surface area (Å²) in [5.74, 6) is 0.00461. The molecule has 4 rings (SSSR count). The molecule has 0 N–H and O–H groups in total. The van der Waals surface area contributed by atoms with Crippen molar-refractivity contribution in [2.24, 2.45) is 0 Å². The van der Waals surface area contributed by atoms with E-state index >= 15 is 0 Å². The minimum absolute atomic E-state index is 0.00461. The predicted octanol–water partition coefficient (Wildman–Crippen LogP) is 1.37. The van der Waals surface area contributed by atoms with Gasteiger partial charge in [0.1, 0.15) is 0 Å². The number of hydrogen-bond donors (Lipinski definition) is 0. The Balaban J connectivity index is 1.45. The van der Waals surface area contributed by atoms with Crippen molar-refractivity contribution in [1.29, 1.82) is 0 Å². The van der Waals surface area contributed by atoms with Gasteiger partial charge in [0.05, 0.1) is 11.9 Å². The predicted molar refractivity (Wildman–Crippen MR) is 105 cm³/mol. The second-order valence-corrected chi connectivity index (χ2v) is 8.82. The van der Waals surface area contributed by atoms with Crippen molar-refractivity contribution < 1.29 is 13.2 Å². The molecular formula is C19H22N4O3S. The summed E-state index contributed by atoms with van der Waals surface area (Å²) >= 11 is 0. The van der Waals surface area contributed by atoms with Gasteiger partial charge in [-0.25, -0.2) is 8.42 Å². The standard InChI is InChI=1S/C19H22N4O3S/c1-27(25,26)23-9-6-15-14-16(2-3-18(15)23)19(24)22-12-10-21(11-13-22)17-4-7-20-8-5-17/h2-5,7-8,14H,6,9-13H2,1H3. The fourth-order valence-electron chi connectivity index (χ4n) is 3.75.